The maximum Gasteiger partial charge on any atom is 0.264 e. The van der Waals surface area contributed by atoms with Crippen molar-refractivity contribution < 1.29 is 9.15 Å². The summed E-state index contributed by atoms with van der Waals surface area (Å²) in [6, 6.07) is 69.4. The van der Waals surface area contributed by atoms with Gasteiger partial charge in [-0.3, -0.25) is 0 Å². The lowest BCUT2D eigenvalue weighted by Gasteiger charge is -2.47. The summed E-state index contributed by atoms with van der Waals surface area (Å²) in [5.41, 5.74) is 21.7. The van der Waals surface area contributed by atoms with Crippen molar-refractivity contribution >= 4 is 126 Å². The van der Waals surface area contributed by atoms with Gasteiger partial charge in [-0.05, 0) is 140 Å². The molecule has 0 amide bonds. The molecule has 6 nitrogen and oxygen atoms in total. The van der Waals surface area contributed by atoms with Crippen molar-refractivity contribution in [3.8, 4) is 5.75 Å². The molecule has 0 bridgehead atoms. The van der Waals surface area contributed by atoms with E-state index in [1.54, 1.807) is 0 Å². The van der Waals surface area contributed by atoms with E-state index in [2.05, 4.69) is 282 Å². The van der Waals surface area contributed by atoms with Crippen LogP contribution in [0.15, 0.2) is 265 Å². The van der Waals surface area contributed by atoms with Gasteiger partial charge in [0.1, 0.15) is 23.1 Å². The Kier molecular flexibility index (Phi) is 10.7. The fourth-order valence-corrected chi connectivity index (χ4v) is 17.3. The van der Waals surface area contributed by atoms with E-state index in [1.165, 1.54) is 71.5 Å². The van der Waals surface area contributed by atoms with Gasteiger partial charge in [0.2, 0.25) is 0 Å². The molecule has 4 aliphatic heterocycles. The van der Waals surface area contributed by atoms with Gasteiger partial charge in [0.05, 0.1) is 16.8 Å². The molecular formula is C74H55BN4O2P+. The second-order valence-electron chi connectivity index (χ2n) is 22.5. The third kappa shape index (κ3) is 6.87. The Morgan fingerprint density at radius 3 is 1.96 bits per heavy atom. The molecule has 1 aromatic heterocycles. The van der Waals surface area contributed by atoms with Crippen LogP contribution in [0, 0.1) is 17.8 Å². The van der Waals surface area contributed by atoms with Gasteiger partial charge in [-0.15, -0.1) is 0 Å². The van der Waals surface area contributed by atoms with Crippen LogP contribution in [0.5, 0.6) is 5.75 Å². The number of para-hydroxylation sites is 5. The zero-order valence-electron chi connectivity index (χ0n) is 45.6. The van der Waals surface area contributed by atoms with Crippen LogP contribution >= 0.6 is 7.55 Å². The van der Waals surface area contributed by atoms with Gasteiger partial charge in [-0.2, -0.15) is 0 Å². The summed E-state index contributed by atoms with van der Waals surface area (Å²) < 4.78 is 15.5. The minimum Gasteiger partial charge on any atom is -0.478 e. The number of anilines is 10. The lowest BCUT2D eigenvalue weighted by Crippen LogP contribution is -2.67. The summed E-state index contributed by atoms with van der Waals surface area (Å²) in [4.78, 5) is 11.7. The molecule has 0 N–H and O–H groups in total. The van der Waals surface area contributed by atoms with Gasteiger partial charge in [0, 0.05) is 72.6 Å². The number of fused-ring (bicyclic) bond motifs is 7. The molecule has 8 heteroatoms. The minimum atomic E-state index is -1.56. The third-order valence-corrected chi connectivity index (χ3v) is 20.2. The highest BCUT2D eigenvalue weighted by Gasteiger charge is 2.57. The van der Waals surface area contributed by atoms with E-state index < -0.39 is 7.55 Å². The van der Waals surface area contributed by atoms with E-state index in [1.807, 2.05) is 0 Å². The van der Waals surface area contributed by atoms with Crippen molar-refractivity contribution in [3.63, 3.8) is 0 Å². The van der Waals surface area contributed by atoms with Gasteiger partial charge >= 0.3 is 0 Å². The average molecular weight is 1070 g/mol. The Hall–Kier alpha value is -9.55. The van der Waals surface area contributed by atoms with Crippen molar-refractivity contribution in [1.29, 1.82) is 0 Å². The highest BCUT2D eigenvalue weighted by Crippen LogP contribution is 2.57. The molecule has 7 aliphatic rings. The minimum absolute atomic E-state index is 0.246. The van der Waals surface area contributed by atoms with Gasteiger partial charge < -0.3 is 28.8 Å². The largest absolute Gasteiger partial charge is 0.478 e. The maximum atomic E-state index is 7.81. The van der Waals surface area contributed by atoms with E-state index in [-0.39, 0.29) is 12.8 Å². The van der Waals surface area contributed by atoms with Gasteiger partial charge in [0.25, 0.3) is 6.71 Å². The molecule has 0 radical (unpaired) electrons. The molecule has 390 valence electrons. The van der Waals surface area contributed by atoms with Crippen LogP contribution in [0.1, 0.15) is 31.7 Å². The first kappa shape index (κ1) is 47.3. The van der Waals surface area contributed by atoms with E-state index in [4.69, 9.17) is 9.15 Å². The van der Waals surface area contributed by atoms with Crippen molar-refractivity contribution in [2.75, 3.05) is 19.6 Å². The highest BCUT2D eigenvalue weighted by atomic mass is 31.1. The molecular weight excluding hydrogens is 1020 g/mol. The van der Waals surface area contributed by atoms with Gasteiger partial charge in [-0.25, -0.2) is 0 Å². The number of hydrogen-bond donors (Lipinski definition) is 0. The second-order valence-corrected chi connectivity index (χ2v) is 24.6. The number of furan rings is 1. The lowest BCUT2D eigenvalue weighted by atomic mass is 9.33. The fourth-order valence-electron chi connectivity index (χ4n) is 14.3. The average Bonchev–Trinajstić information content (AvgIpc) is 1.29. The number of allylic oxidation sites excluding steroid dienone is 9. The lowest BCUT2D eigenvalue weighted by molar-refractivity contribution is 0.318. The standard InChI is InChI=1S/C74H55BN4O2P/c1-47-41-43-54(44-42-47)77(51-29-13-5-14-30-51)70-72-63(57-38-22-24-40-61(57)81-72)68-66-74(70)82(55-35-19-8-20-36-55)73-65-67(62-56-37-21-23-39-60(56)80-71(62)69(73)76(49-25-9-3-10-26-49)50-27-11-4-12-28-50)78(52-31-15-6-16-32-52)58-45-48(2)46-59(64(58)75(65)66)79(68)53-33-17-7-18-34-53/h3-15,17-31,33-41,43-47,61H,16,32,42H2,1-2H3/q+1. The monoisotopic (exact) mass is 1070 g/mol. The summed E-state index contributed by atoms with van der Waals surface area (Å²) in [5.74, 6) is 1.30. The molecule has 82 heavy (non-hydrogen) atoms. The molecule has 0 saturated heterocycles. The molecule has 3 aliphatic carbocycles. The number of aryl methyl sites for hydroxylation is 1. The van der Waals surface area contributed by atoms with Crippen molar-refractivity contribution in [2.45, 2.75) is 39.2 Å². The molecule has 0 fully saturated rings. The smallest absolute Gasteiger partial charge is 0.264 e. The molecule has 0 saturated carbocycles. The van der Waals surface area contributed by atoms with E-state index in [0.29, 0.717) is 5.92 Å². The third-order valence-electron chi connectivity index (χ3n) is 17.6. The van der Waals surface area contributed by atoms with Crippen LogP contribution in [-0.2, 0) is 0 Å². The topological polar surface area (TPSA) is 35.3 Å². The van der Waals surface area contributed by atoms with Crippen LogP contribution in [0.25, 0.3) is 27.5 Å². The Morgan fingerprint density at radius 2 is 1.28 bits per heavy atom. The molecule has 0 spiro atoms. The Bertz CT molecular complexity index is 4640. The first-order valence-corrected chi connectivity index (χ1v) is 30.2. The number of benzene rings is 9. The summed E-state index contributed by atoms with van der Waals surface area (Å²) >= 11 is 0. The molecule has 17 rings (SSSR count). The number of rotatable bonds is 9. The van der Waals surface area contributed by atoms with Crippen LogP contribution in [0.4, 0.5) is 56.9 Å². The summed E-state index contributed by atoms with van der Waals surface area (Å²) in [5, 5.41) is 5.90. The fraction of sp³-hybridized carbons (Fsp3) is 0.0946. The first-order chi connectivity index (χ1) is 40.6. The van der Waals surface area contributed by atoms with Crippen molar-refractivity contribution in [3.05, 3.63) is 276 Å². The Morgan fingerprint density at radius 1 is 0.622 bits per heavy atom. The van der Waals surface area contributed by atoms with Crippen LogP contribution in [0.3, 0.4) is 0 Å². The van der Waals surface area contributed by atoms with E-state index in [0.717, 1.165) is 92.0 Å². The molecule has 10 aromatic rings. The normalized spacial score (nSPS) is 17.9. The predicted molar refractivity (Wildman–Crippen MR) is 344 cm³/mol. The molecule has 5 heterocycles. The molecule has 9 aromatic carbocycles. The summed E-state index contributed by atoms with van der Waals surface area (Å²) in [7, 11) is -1.56. The van der Waals surface area contributed by atoms with Crippen LogP contribution in [0.2, 0.25) is 0 Å². The predicted octanol–water partition coefficient (Wildman–Crippen LogP) is 15.7. The van der Waals surface area contributed by atoms with Crippen LogP contribution in [-0.4, -0.2) is 12.8 Å². The van der Waals surface area contributed by atoms with Gasteiger partial charge in [0.15, 0.2) is 34.4 Å². The van der Waals surface area contributed by atoms with Gasteiger partial charge in [-0.1, -0.05) is 159 Å². The number of hydrogen-bond acceptors (Lipinski definition) is 6. The highest BCUT2D eigenvalue weighted by molar-refractivity contribution is 7.67. The molecule has 3 atom stereocenters. The number of ether oxygens (including phenoxy) is 1. The van der Waals surface area contributed by atoms with E-state index in [9.17, 15) is 0 Å². The van der Waals surface area contributed by atoms with Crippen molar-refractivity contribution in [1.82, 2.24) is 0 Å². The second kappa shape index (κ2) is 18.5. The maximum absolute atomic E-state index is 7.81. The first-order valence-electron chi connectivity index (χ1n) is 28.9. The quantitative estimate of drug-likeness (QED) is 0.106. The number of nitrogens with zero attached hydrogens (tertiary/aromatic N) is 4. The summed E-state index contributed by atoms with van der Waals surface area (Å²) in [6.45, 7) is 4.36. The summed E-state index contributed by atoms with van der Waals surface area (Å²) in [6.07, 6.45) is 25.5. The zero-order valence-corrected chi connectivity index (χ0v) is 46.5. The SMILES string of the molecule is Cc1cc2c3c(c1)N(c1ccccc1)c1c4c(c(N(C5=CCC(C)C=C5)c5ccccc5)c5c1=C1C=CC=CC1O5)=[P+](c1ccccc1)c1c(c(c5c(oc6ccccc65)c1N(c1ccccc1)c1ccccc1)N2C1=CC=CCC1)B34. The Balaban J connectivity index is 1.20. The molecule has 3 unspecified atom stereocenters. The van der Waals surface area contributed by atoms with Crippen LogP contribution < -0.4 is 56.6 Å². The zero-order chi connectivity index (χ0) is 54.2. The Labute approximate surface area is 478 Å². The van der Waals surface area contributed by atoms with E-state index >= 15 is 0 Å². The van der Waals surface area contributed by atoms with Crippen molar-refractivity contribution in [2.24, 2.45) is 5.92 Å².